The zero-order chi connectivity index (χ0) is 11.3. The fourth-order valence-electron chi connectivity index (χ4n) is 1.18. The number of aromatic nitrogens is 1. The number of hydrogen-bond acceptors (Lipinski definition) is 3. The number of rotatable bonds is 5. The second-order valence-corrected chi connectivity index (χ2v) is 3.84. The number of nitrogens with two attached hydrogens (primary N) is 1. The first-order chi connectivity index (χ1) is 7.13. The Hall–Kier alpha value is -1.16. The van der Waals surface area contributed by atoms with Crippen molar-refractivity contribution in [2.75, 3.05) is 6.61 Å². The van der Waals surface area contributed by atoms with E-state index in [1.54, 1.807) is 6.07 Å². The zero-order valence-corrected chi connectivity index (χ0v) is 9.93. The SMILES string of the molecule is CCCCOc1cc(C(N)=S)cc(C)n1. The number of unbranched alkanes of at least 4 members (excludes halogenated alkanes) is 1. The van der Waals surface area contributed by atoms with Crippen LogP contribution in [0.1, 0.15) is 31.0 Å². The minimum Gasteiger partial charge on any atom is -0.478 e. The third-order valence-electron chi connectivity index (χ3n) is 1.96. The molecule has 1 aromatic rings. The molecular weight excluding hydrogens is 208 g/mol. The van der Waals surface area contributed by atoms with Gasteiger partial charge in [-0.05, 0) is 19.4 Å². The Morgan fingerprint density at radius 2 is 2.27 bits per heavy atom. The van der Waals surface area contributed by atoms with E-state index in [4.69, 9.17) is 22.7 Å². The smallest absolute Gasteiger partial charge is 0.214 e. The average molecular weight is 224 g/mol. The van der Waals surface area contributed by atoms with Crippen LogP contribution in [-0.4, -0.2) is 16.6 Å². The molecule has 0 bridgehead atoms. The minimum atomic E-state index is 0.376. The van der Waals surface area contributed by atoms with Crippen LogP contribution in [0, 0.1) is 6.92 Å². The van der Waals surface area contributed by atoms with Crippen molar-refractivity contribution in [2.24, 2.45) is 5.73 Å². The van der Waals surface area contributed by atoms with E-state index in [0.717, 1.165) is 24.1 Å². The molecule has 0 unspecified atom stereocenters. The topological polar surface area (TPSA) is 48.1 Å². The molecule has 1 rings (SSSR count). The van der Waals surface area contributed by atoms with Crippen LogP contribution < -0.4 is 10.5 Å². The molecule has 0 aliphatic rings. The highest BCUT2D eigenvalue weighted by Crippen LogP contribution is 2.12. The number of thiocarbonyl (C=S) groups is 1. The molecule has 1 aromatic heterocycles. The van der Waals surface area contributed by atoms with E-state index in [2.05, 4.69) is 11.9 Å². The molecule has 4 heteroatoms. The van der Waals surface area contributed by atoms with Crippen LogP contribution >= 0.6 is 12.2 Å². The van der Waals surface area contributed by atoms with Gasteiger partial charge in [-0.25, -0.2) is 4.98 Å². The zero-order valence-electron chi connectivity index (χ0n) is 9.12. The summed E-state index contributed by atoms with van der Waals surface area (Å²) < 4.78 is 5.49. The average Bonchev–Trinajstić information content (AvgIpc) is 2.17. The van der Waals surface area contributed by atoms with Crippen molar-refractivity contribution in [1.29, 1.82) is 0 Å². The first kappa shape index (κ1) is 11.9. The number of aryl methyl sites for hydroxylation is 1. The van der Waals surface area contributed by atoms with Crippen LogP contribution in [0.5, 0.6) is 5.88 Å². The summed E-state index contributed by atoms with van der Waals surface area (Å²) in [7, 11) is 0. The molecule has 15 heavy (non-hydrogen) atoms. The van der Waals surface area contributed by atoms with Gasteiger partial charge in [0, 0.05) is 17.3 Å². The van der Waals surface area contributed by atoms with Gasteiger partial charge in [0.25, 0.3) is 0 Å². The Morgan fingerprint density at radius 1 is 1.53 bits per heavy atom. The Bertz CT molecular complexity index is 352. The maximum absolute atomic E-state index is 5.55. The fourth-order valence-corrected chi connectivity index (χ4v) is 1.29. The van der Waals surface area contributed by atoms with Crippen molar-refractivity contribution in [3.8, 4) is 5.88 Å². The van der Waals surface area contributed by atoms with Crippen LogP contribution in [0.4, 0.5) is 0 Å². The number of pyridine rings is 1. The first-order valence-corrected chi connectivity index (χ1v) is 5.45. The number of ether oxygens (including phenoxy) is 1. The largest absolute Gasteiger partial charge is 0.478 e. The highest BCUT2D eigenvalue weighted by Gasteiger charge is 2.03. The molecule has 0 radical (unpaired) electrons. The third-order valence-corrected chi connectivity index (χ3v) is 2.20. The molecule has 0 spiro atoms. The highest BCUT2D eigenvalue weighted by atomic mass is 32.1. The molecule has 0 fully saturated rings. The molecular formula is C11H16N2OS. The maximum Gasteiger partial charge on any atom is 0.214 e. The minimum absolute atomic E-state index is 0.376. The third kappa shape index (κ3) is 3.83. The summed E-state index contributed by atoms with van der Waals surface area (Å²) >= 11 is 4.91. The second kappa shape index (κ2) is 5.66. The van der Waals surface area contributed by atoms with Gasteiger partial charge in [0.15, 0.2) is 0 Å². The van der Waals surface area contributed by atoms with Crippen molar-refractivity contribution in [1.82, 2.24) is 4.98 Å². The van der Waals surface area contributed by atoms with Crippen LogP contribution in [-0.2, 0) is 0 Å². The molecule has 0 aliphatic heterocycles. The summed E-state index contributed by atoms with van der Waals surface area (Å²) in [6.07, 6.45) is 2.13. The van der Waals surface area contributed by atoms with E-state index >= 15 is 0 Å². The Balaban J connectivity index is 2.75. The van der Waals surface area contributed by atoms with Crippen molar-refractivity contribution in [2.45, 2.75) is 26.7 Å². The van der Waals surface area contributed by atoms with E-state index in [-0.39, 0.29) is 0 Å². The molecule has 1 heterocycles. The molecule has 0 amide bonds. The van der Waals surface area contributed by atoms with Gasteiger partial charge in [0.2, 0.25) is 5.88 Å². The van der Waals surface area contributed by atoms with Gasteiger partial charge in [-0.2, -0.15) is 0 Å². The van der Waals surface area contributed by atoms with E-state index in [0.29, 0.717) is 17.5 Å². The van der Waals surface area contributed by atoms with Gasteiger partial charge in [-0.15, -0.1) is 0 Å². The van der Waals surface area contributed by atoms with E-state index < -0.39 is 0 Å². The molecule has 82 valence electrons. The number of hydrogen-bond donors (Lipinski definition) is 1. The van der Waals surface area contributed by atoms with Gasteiger partial charge < -0.3 is 10.5 Å². The lowest BCUT2D eigenvalue weighted by molar-refractivity contribution is 0.297. The lowest BCUT2D eigenvalue weighted by atomic mass is 10.2. The Labute approximate surface area is 95.7 Å². The van der Waals surface area contributed by atoms with Crippen LogP contribution in [0.15, 0.2) is 12.1 Å². The van der Waals surface area contributed by atoms with Gasteiger partial charge in [-0.1, -0.05) is 25.6 Å². The molecule has 0 atom stereocenters. The summed E-state index contributed by atoms with van der Waals surface area (Å²) in [5.74, 6) is 0.603. The van der Waals surface area contributed by atoms with E-state index in [1.807, 2.05) is 13.0 Å². The highest BCUT2D eigenvalue weighted by molar-refractivity contribution is 7.80. The summed E-state index contributed by atoms with van der Waals surface area (Å²) in [6, 6.07) is 3.64. The van der Waals surface area contributed by atoms with Crippen molar-refractivity contribution in [3.63, 3.8) is 0 Å². The standard InChI is InChI=1S/C11H16N2OS/c1-3-4-5-14-10-7-9(11(12)15)6-8(2)13-10/h6-7H,3-5H2,1-2H3,(H2,12,15). The van der Waals surface area contributed by atoms with Gasteiger partial charge in [0.1, 0.15) is 4.99 Å². The molecule has 0 saturated carbocycles. The predicted molar refractivity (Wildman–Crippen MR) is 65.3 cm³/mol. The van der Waals surface area contributed by atoms with Crippen LogP contribution in [0.25, 0.3) is 0 Å². The van der Waals surface area contributed by atoms with E-state index in [1.165, 1.54) is 0 Å². The molecule has 0 aliphatic carbocycles. The normalized spacial score (nSPS) is 10.0. The quantitative estimate of drug-likeness (QED) is 0.615. The van der Waals surface area contributed by atoms with Gasteiger partial charge >= 0.3 is 0 Å². The first-order valence-electron chi connectivity index (χ1n) is 5.04. The summed E-state index contributed by atoms with van der Waals surface area (Å²) in [6.45, 7) is 4.70. The Morgan fingerprint density at radius 3 is 2.87 bits per heavy atom. The monoisotopic (exact) mass is 224 g/mol. The molecule has 0 aromatic carbocycles. The molecule has 2 N–H and O–H groups in total. The number of nitrogens with zero attached hydrogens (tertiary/aromatic N) is 1. The summed E-state index contributed by atoms with van der Waals surface area (Å²) in [4.78, 5) is 4.63. The van der Waals surface area contributed by atoms with Gasteiger partial charge in [-0.3, -0.25) is 0 Å². The fraction of sp³-hybridized carbons (Fsp3) is 0.455. The second-order valence-electron chi connectivity index (χ2n) is 3.40. The molecule has 0 saturated heterocycles. The van der Waals surface area contributed by atoms with Gasteiger partial charge in [0.05, 0.1) is 6.61 Å². The Kier molecular flexibility index (Phi) is 4.49. The van der Waals surface area contributed by atoms with Crippen LogP contribution in [0.2, 0.25) is 0 Å². The van der Waals surface area contributed by atoms with E-state index in [9.17, 15) is 0 Å². The summed E-state index contributed by atoms with van der Waals surface area (Å²) in [5, 5.41) is 0. The predicted octanol–water partition coefficient (Wildman–Crippen LogP) is 2.20. The van der Waals surface area contributed by atoms with Crippen molar-refractivity contribution >= 4 is 17.2 Å². The summed E-state index contributed by atoms with van der Waals surface area (Å²) in [5.41, 5.74) is 7.23. The van der Waals surface area contributed by atoms with Crippen LogP contribution in [0.3, 0.4) is 0 Å². The molecule has 3 nitrogen and oxygen atoms in total. The lowest BCUT2D eigenvalue weighted by Crippen LogP contribution is -2.11. The van der Waals surface area contributed by atoms with Crippen molar-refractivity contribution in [3.05, 3.63) is 23.4 Å². The van der Waals surface area contributed by atoms with Crippen molar-refractivity contribution < 1.29 is 4.74 Å². The maximum atomic E-state index is 5.55. The lowest BCUT2D eigenvalue weighted by Gasteiger charge is -2.07.